The predicted octanol–water partition coefficient (Wildman–Crippen LogP) is 23.3. The van der Waals surface area contributed by atoms with E-state index in [4.69, 9.17) is 42.6 Å². The summed E-state index contributed by atoms with van der Waals surface area (Å²) in [6.07, 6.45) is 61.0. The number of carboxylic acids is 3. The number of hydrogen-bond acceptors (Lipinski definition) is 7. The topological polar surface area (TPSA) is 121 Å². The van der Waals surface area contributed by atoms with Crippen molar-refractivity contribution in [2.24, 2.45) is 0 Å². The fourth-order valence-electron chi connectivity index (χ4n) is 12.0. The van der Waals surface area contributed by atoms with Crippen LogP contribution in [0.1, 0.15) is 392 Å². The summed E-state index contributed by atoms with van der Waals surface area (Å²) in [5, 5.41) is 28.6. The number of benzene rings is 1. The minimum Gasteiger partial charge on any atom is -0.493 e. The summed E-state index contributed by atoms with van der Waals surface area (Å²) in [6, 6.07) is 0. The molecule has 0 aliphatic rings. The molecule has 3 N–H and O–H groups in total. The number of unbranched alkanes of at least 4 members (excludes halogenated alkanes) is 45. The zero-order chi connectivity index (χ0) is 57.8. The molecule has 7 nitrogen and oxygen atoms in total. The summed E-state index contributed by atoms with van der Waals surface area (Å²) in [4.78, 5) is 37.7. The van der Waals surface area contributed by atoms with Gasteiger partial charge in [-0.3, -0.25) is 14.4 Å². The number of hydrogen-bond donors (Lipinski definition) is 6. The van der Waals surface area contributed by atoms with Crippen LogP contribution in [0.4, 0.5) is 0 Å². The molecule has 0 bridgehead atoms. The highest BCUT2D eigenvalue weighted by molar-refractivity contribution is 7.81. The molecule has 0 heterocycles. The van der Waals surface area contributed by atoms with Crippen LogP contribution in [0, 0.1) is 0 Å². The molecule has 1 rings (SSSR count). The Morgan fingerprint density at radius 3 is 0.709 bits per heavy atom. The highest BCUT2D eigenvalue weighted by Gasteiger charge is 2.34. The Balaban J connectivity index is 3.30. The molecule has 0 aliphatic carbocycles. The number of aliphatic carboxylic acids is 3. The molecule has 0 amide bonds. The predicted molar refractivity (Wildman–Crippen MR) is 350 cm³/mol. The maximum absolute atomic E-state index is 12.6. The second-order valence-corrected chi connectivity index (χ2v) is 26.0. The van der Waals surface area contributed by atoms with Gasteiger partial charge in [0, 0.05) is 26.9 Å². The van der Waals surface area contributed by atoms with E-state index in [9.17, 15) is 29.7 Å². The first-order valence-corrected chi connectivity index (χ1v) is 35.6. The van der Waals surface area contributed by atoms with Crippen molar-refractivity contribution in [1.82, 2.24) is 0 Å². The van der Waals surface area contributed by atoms with Crippen molar-refractivity contribution in [2.75, 3.05) is 6.61 Å². The molecular weight excluding hydrogens is 1040 g/mol. The molecule has 0 saturated heterocycles. The minimum absolute atomic E-state index is 0.217. The Hall–Kier alpha value is -1.52. The van der Waals surface area contributed by atoms with Gasteiger partial charge in [0.2, 0.25) is 0 Å². The van der Waals surface area contributed by atoms with E-state index in [1.807, 2.05) is 0 Å². The first kappa shape index (κ1) is 75.5. The molecule has 10 heteroatoms. The molecule has 3 unspecified atom stereocenters. The fraction of sp³-hybridized carbons (Fsp3) is 0.870. The van der Waals surface area contributed by atoms with E-state index >= 15 is 0 Å². The van der Waals surface area contributed by atoms with Crippen LogP contribution in [0.15, 0.2) is 0 Å². The second kappa shape index (κ2) is 54.4. The van der Waals surface area contributed by atoms with Gasteiger partial charge < -0.3 is 20.1 Å². The largest absolute Gasteiger partial charge is 0.493 e. The number of ether oxygens (including phenoxy) is 1. The normalized spacial score (nSPS) is 12.8. The maximum Gasteiger partial charge on any atom is 0.304 e. The van der Waals surface area contributed by atoms with E-state index in [2.05, 4.69) is 20.8 Å². The van der Waals surface area contributed by atoms with Crippen molar-refractivity contribution < 1.29 is 34.4 Å². The number of rotatable bonds is 61. The number of thiol groups is 3. The lowest BCUT2D eigenvalue weighted by Gasteiger charge is -2.32. The summed E-state index contributed by atoms with van der Waals surface area (Å²) in [5.74, 6) is -2.41. The Morgan fingerprint density at radius 1 is 0.304 bits per heavy atom. The molecule has 1 aromatic rings. The van der Waals surface area contributed by atoms with E-state index in [0.29, 0.717) is 36.3 Å². The SMILES string of the molecule is CCCCCCCCCCCCCCCCCCOc1c(C(S)CC(=O)O)c(CCCCCCCCCCCCCCCCCC)c(C(S)CC(=O)O)c(CCCCCCCCCCCCCCCCCC)c1C(S)CC(=O)O. The van der Waals surface area contributed by atoms with Crippen LogP contribution >= 0.6 is 37.9 Å². The standard InChI is InChI=1S/C69H126O7S3/c1-4-7-10-13-16-19-22-25-28-31-34-37-40-43-46-49-52-58-66(60(77)55-63(70)71)59(53-50-47-44-41-38-35-32-29-26-23-20-17-14-11-8-5-2)68(62(79)57-65(74)75)69(67(58)61(78)56-64(72)73)76-54-51-48-45-42-39-36-33-30-27-24-21-18-15-12-9-6-3/h60-62,77-79H,4-57H2,1-3H3,(H,70,71)(H,72,73)(H,74,75). The van der Waals surface area contributed by atoms with Gasteiger partial charge in [0.1, 0.15) is 5.75 Å². The monoisotopic (exact) mass is 1160 g/mol. The maximum atomic E-state index is 12.6. The van der Waals surface area contributed by atoms with Crippen LogP contribution in [0.2, 0.25) is 0 Å². The van der Waals surface area contributed by atoms with Gasteiger partial charge in [-0.1, -0.05) is 310 Å². The van der Waals surface area contributed by atoms with Gasteiger partial charge in [-0.15, -0.1) is 0 Å². The minimum atomic E-state index is -0.988. The van der Waals surface area contributed by atoms with E-state index in [1.165, 1.54) is 250 Å². The van der Waals surface area contributed by atoms with E-state index in [0.717, 1.165) is 74.5 Å². The third-order valence-corrected chi connectivity index (χ3v) is 18.0. The van der Waals surface area contributed by atoms with Crippen molar-refractivity contribution >= 4 is 55.8 Å². The van der Waals surface area contributed by atoms with Crippen LogP contribution in [-0.2, 0) is 27.2 Å². The molecule has 0 radical (unpaired) electrons. The zero-order valence-corrected chi connectivity index (χ0v) is 54.4. The van der Waals surface area contributed by atoms with Crippen molar-refractivity contribution in [2.45, 2.75) is 377 Å². The summed E-state index contributed by atoms with van der Waals surface area (Å²) >= 11 is 15.2. The van der Waals surface area contributed by atoms with Crippen molar-refractivity contribution in [1.29, 1.82) is 0 Å². The van der Waals surface area contributed by atoms with E-state index in [-0.39, 0.29) is 19.3 Å². The fourth-order valence-corrected chi connectivity index (χ4v) is 13.3. The summed E-state index contributed by atoms with van der Waals surface area (Å²) in [7, 11) is 0. The average molecular weight is 1160 g/mol. The average Bonchev–Trinajstić information content (AvgIpc) is 3.53. The number of carbonyl (C=O) groups is 3. The van der Waals surface area contributed by atoms with Gasteiger partial charge in [0.25, 0.3) is 0 Å². The lowest BCUT2D eigenvalue weighted by molar-refractivity contribution is -0.138. The van der Waals surface area contributed by atoms with Gasteiger partial charge in [0.15, 0.2) is 0 Å². The van der Waals surface area contributed by atoms with Gasteiger partial charge in [-0.2, -0.15) is 37.9 Å². The quantitative estimate of drug-likeness (QED) is 0.0284. The van der Waals surface area contributed by atoms with Crippen LogP contribution in [0.3, 0.4) is 0 Å². The molecule has 462 valence electrons. The zero-order valence-electron chi connectivity index (χ0n) is 51.7. The Morgan fingerprint density at radius 2 is 0.494 bits per heavy atom. The van der Waals surface area contributed by atoms with Crippen LogP contribution in [0.5, 0.6) is 5.75 Å². The first-order valence-electron chi connectivity index (χ1n) is 34.0. The highest BCUT2D eigenvalue weighted by atomic mass is 32.1. The molecule has 79 heavy (non-hydrogen) atoms. The third-order valence-electron chi connectivity index (χ3n) is 16.7. The van der Waals surface area contributed by atoms with Crippen molar-refractivity contribution in [3.05, 3.63) is 27.8 Å². The summed E-state index contributed by atoms with van der Waals surface area (Å²) in [6.45, 7) is 7.24. The Kier molecular flexibility index (Phi) is 52.0. The summed E-state index contributed by atoms with van der Waals surface area (Å²) < 4.78 is 6.93. The Labute approximate surface area is 504 Å². The van der Waals surface area contributed by atoms with Gasteiger partial charge in [0.05, 0.1) is 25.9 Å². The van der Waals surface area contributed by atoms with Crippen LogP contribution < -0.4 is 4.74 Å². The van der Waals surface area contributed by atoms with Gasteiger partial charge in [-0.25, -0.2) is 0 Å². The second-order valence-electron chi connectivity index (χ2n) is 24.1. The molecule has 1 aromatic carbocycles. The molecule has 0 aliphatic heterocycles. The van der Waals surface area contributed by atoms with E-state index in [1.54, 1.807) is 0 Å². The highest BCUT2D eigenvalue weighted by Crippen LogP contribution is 2.50. The smallest absolute Gasteiger partial charge is 0.304 e. The molecule has 0 saturated carbocycles. The van der Waals surface area contributed by atoms with Gasteiger partial charge >= 0.3 is 17.9 Å². The van der Waals surface area contributed by atoms with Crippen molar-refractivity contribution in [3.8, 4) is 5.75 Å². The van der Waals surface area contributed by atoms with Gasteiger partial charge in [-0.05, 0) is 48.8 Å². The molecular formula is C69H126O7S3. The molecule has 0 fully saturated rings. The first-order chi connectivity index (χ1) is 38.5. The van der Waals surface area contributed by atoms with Crippen molar-refractivity contribution in [3.63, 3.8) is 0 Å². The lowest BCUT2D eigenvalue weighted by Crippen LogP contribution is -2.19. The number of carboxylic acid groups (broad SMARTS) is 3. The molecule has 0 aromatic heterocycles. The molecule has 0 spiro atoms. The molecule has 3 atom stereocenters. The van der Waals surface area contributed by atoms with E-state index < -0.39 is 33.7 Å². The van der Waals surface area contributed by atoms with Crippen LogP contribution in [-0.4, -0.2) is 39.8 Å². The van der Waals surface area contributed by atoms with Crippen LogP contribution in [0.25, 0.3) is 0 Å². The Bertz CT molecular complexity index is 1520. The summed E-state index contributed by atoms with van der Waals surface area (Å²) in [5.41, 5.74) is 3.94. The lowest BCUT2D eigenvalue weighted by atomic mass is 9.80. The third kappa shape index (κ3) is 41.2.